The van der Waals surface area contributed by atoms with Crippen LogP contribution in [0.5, 0.6) is 0 Å². The zero-order valence-electron chi connectivity index (χ0n) is 11.7. The summed E-state index contributed by atoms with van der Waals surface area (Å²) in [5.41, 5.74) is 11.4. The van der Waals surface area contributed by atoms with Gasteiger partial charge in [0.15, 0.2) is 0 Å². The lowest BCUT2D eigenvalue weighted by Crippen LogP contribution is -2.02. The summed E-state index contributed by atoms with van der Waals surface area (Å²) in [7, 11) is 0. The number of aromatic nitrogens is 2. The predicted octanol–water partition coefficient (Wildman–Crippen LogP) is 3.29. The second-order valence-electron chi connectivity index (χ2n) is 5.03. The van der Waals surface area contributed by atoms with Crippen molar-refractivity contribution in [2.45, 2.75) is 19.8 Å². The Morgan fingerprint density at radius 3 is 2.80 bits per heavy atom. The number of fused-ring (bicyclic) bond motifs is 1. The van der Waals surface area contributed by atoms with Gasteiger partial charge in [-0.2, -0.15) is 0 Å². The van der Waals surface area contributed by atoms with E-state index in [4.69, 9.17) is 5.73 Å². The van der Waals surface area contributed by atoms with Crippen molar-refractivity contribution in [1.29, 1.82) is 0 Å². The fourth-order valence-corrected chi connectivity index (χ4v) is 2.45. The molecule has 20 heavy (non-hydrogen) atoms. The van der Waals surface area contributed by atoms with Crippen molar-refractivity contribution in [3.8, 4) is 11.4 Å². The molecule has 0 atom stereocenters. The average Bonchev–Trinajstić information content (AvgIpc) is 2.90. The molecule has 0 saturated carbocycles. The molecule has 102 valence electrons. The van der Waals surface area contributed by atoms with Gasteiger partial charge in [-0.05, 0) is 48.7 Å². The van der Waals surface area contributed by atoms with Crippen molar-refractivity contribution in [2.24, 2.45) is 5.73 Å². The SMILES string of the molecule is CCc1ccc2nc(-c3cccc(CCN)c3)[nH]c2c1. The number of nitrogens with one attached hydrogen (secondary N) is 1. The molecule has 0 fully saturated rings. The minimum absolute atomic E-state index is 0.670. The lowest BCUT2D eigenvalue weighted by atomic mass is 10.1. The van der Waals surface area contributed by atoms with Crippen LogP contribution in [-0.4, -0.2) is 16.5 Å². The summed E-state index contributed by atoms with van der Waals surface area (Å²) in [6.45, 7) is 2.83. The summed E-state index contributed by atoms with van der Waals surface area (Å²) in [5.74, 6) is 0.923. The number of rotatable bonds is 4. The third kappa shape index (κ3) is 2.45. The molecule has 1 aromatic heterocycles. The quantitative estimate of drug-likeness (QED) is 0.760. The molecule has 0 saturated heterocycles. The Morgan fingerprint density at radius 2 is 2.00 bits per heavy atom. The van der Waals surface area contributed by atoms with Crippen LogP contribution in [0.4, 0.5) is 0 Å². The summed E-state index contributed by atoms with van der Waals surface area (Å²) in [6, 6.07) is 14.8. The number of imidazole rings is 1. The fraction of sp³-hybridized carbons (Fsp3) is 0.235. The van der Waals surface area contributed by atoms with Gasteiger partial charge in [0.1, 0.15) is 5.82 Å². The second-order valence-corrected chi connectivity index (χ2v) is 5.03. The molecule has 0 radical (unpaired) electrons. The first-order chi connectivity index (χ1) is 9.80. The van der Waals surface area contributed by atoms with E-state index in [2.05, 4.69) is 59.4 Å². The first-order valence-corrected chi connectivity index (χ1v) is 7.08. The van der Waals surface area contributed by atoms with Gasteiger partial charge in [0, 0.05) is 5.56 Å². The predicted molar refractivity (Wildman–Crippen MR) is 83.7 cm³/mol. The highest BCUT2D eigenvalue weighted by molar-refractivity contribution is 5.80. The molecule has 3 heteroatoms. The molecule has 0 aliphatic carbocycles. The van der Waals surface area contributed by atoms with E-state index in [1.807, 2.05) is 0 Å². The summed E-state index contributed by atoms with van der Waals surface area (Å²) in [6.07, 6.45) is 1.93. The topological polar surface area (TPSA) is 54.7 Å². The van der Waals surface area contributed by atoms with Crippen molar-refractivity contribution in [3.63, 3.8) is 0 Å². The van der Waals surface area contributed by atoms with E-state index in [0.717, 1.165) is 35.3 Å². The Kier molecular flexibility index (Phi) is 3.52. The summed E-state index contributed by atoms with van der Waals surface area (Å²) in [4.78, 5) is 8.09. The van der Waals surface area contributed by atoms with Crippen LogP contribution in [-0.2, 0) is 12.8 Å². The zero-order valence-corrected chi connectivity index (χ0v) is 11.7. The van der Waals surface area contributed by atoms with Crippen molar-refractivity contribution in [3.05, 3.63) is 53.6 Å². The Balaban J connectivity index is 2.03. The largest absolute Gasteiger partial charge is 0.338 e. The Morgan fingerprint density at radius 1 is 1.10 bits per heavy atom. The molecule has 0 aliphatic heterocycles. The van der Waals surface area contributed by atoms with Crippen molar-refractivity contribution >= 4 is 11.0 Å². The lowest BCUT2D eigenvalue weighted by molar-refractivity contribution is 0.969. The maximum atomic E-state index is 5.62. The van der Waals surface area contributed by atoms with Crippen LogP contribution in [0.2, 0.25) is 0 Å². The van der Waals surface area contributed by atoms with E-state index in [0.29, 0.717) is 6.54 Å². The molecule has 3 rings (SSSR count). The zero-order chi connectivity index (χ0) is 13.9. The first kappa shape index (κ1) is 12.9. The molecule has 0 bridgehead atoms. The highest BCUT2D eigenvalue weighted by Crippen LogP contribution is 2.22. The fourth-order valence-electron chi connectivity index (χ4n) is 2.45. The smallest absolute Gasteiger partial charge is 0.138 e. The van der Waals surface area contributed by atoms with Crippen molar-refractivity contribution in [2.75, 3.05) is 6.54 Å². The van der Waals surface area contributed by atoms with Crippen LogP contribution in [0.3, 0.4) is 0 Å². The van der Waals surface area contributed by atoms with Crippen LogP contribution in [0.15, 0.2) is 42.5 Å². The highest BCUT2D eigenvalue weighted by Gasteiger charge is 2.06. The van der Waals surface area contributed by atoms with Gasteiger partial charge in [0.2, 0.25) is 0 Å². The normalized spacial score (nSPS) is 11.1. The van der Waals surface area contributed by atoms with E-state index in [1.54, 1.807) is 0 Å². The molecular weight excluding hydrogens is 246 g/mol. The number of hydrogen-bond acceptors (Lipinski definition) is 2. The molecular formula is C17H19N3. The van der Waals surface area contributed by atoms with E-state index in [9.17, 15) is 0 Å². The Labute approximate surface area is 118 Å². The maximum Gasteiger partial charge on any atom is 0.138 e. The average molecular weight is 265 g/mol. The third-order valence-corrected chi connectivity index (χ3v) is 3.59. The van der Waals surface area contributed by atoms with Gasteiger partial charge in [-0.1, -0.05) is 31.2 Å². The van der Waals surface area contributed by atoms with Crippen LogP contribution < -0.4 is 5.73 Å². The molecule has 2 aromatic carbocycles. The van der Waals surface area contributed by atoms with Gasteiger partial charge in [-0.3, -0.25) is 0 Å². The summed E-state index contributed by atoms with van der Waals surface area (Å²) < 4.78 is 0. The molecule has 3 nitrogen and oxygen atoms in total. The molecule has 0 amide bonds. The first-order valence-electron chi connectivity index (χ1n) is 7.08. The molecule has 1 heterocycles. The van der Waals surface area contributed by atoms with Crippen molar-refractivity contribution < 1.29 is 0 Å². The van der Waals surface area contributed by atoms with Gasteiger partial charge in [0.25, 0.3) is 0 Å². The summed E-state index contributed by atoms with van der Waals surface area (Å²) in [5, 5.41) is 0. The van der Waals surface area contributed by atoms with E-state index >= 15 is 0 Å². The van der Waals surface area contributed by atoms with Gasteiger partial charge < -0.3 is 10.7 Å². The number of aromatic amines is 1. The number of nitrogens with two attached hydrogens (primary N) is 1. The standard InChI is InChI=1S/C17H19N3/c1-2-12-6-7-15-16(11-12)20-17(19-15)14-5-3-4-13(10-14)8-9-18/h3-7,10-11H,2,8-9,18H2,1H3,(H,19,20). The molecule has 0 aliphatic rings. The van der Waals surface area contributed by atoms with Gasteiger partial charge in [-0.25, -0.2) is 4.98 Å². The van der Waals surface area contributed by atoms with E-state index in [-0.39, 0.29) is 0 Å². The second kappa shape index (κ2) is 5.47. The monoisotopic (exact) mass is 265 g/mol. The van der Waals surface area contributed by atoms with E-state index < -0.39 is 0 Å². The van der Waals surface area contributed by atoms with E-state index in [1.165, 1.54) is 11.1 Å². The van der Waals surface area contributed by atoms with Gasteiger partial charge in [0.05, 0.1) is 11.0 Å². The van der Waals surface area contributed by atoms with Crippen LogP contribution in [0.25, 0.3) is 22.4 Å². The number of benzene rings is 2. The summed E-state index contributed by atoms with van der Waals surface area (Å²) >= 11 is 0. The van der Waals surface area contributed by atoms with Crippen molar-refractivity contribution in [1.82, 2.24) is 9.97 Å². The lowest BCUT2D eigenvalue weighted by Gasteiger charge is -2.01. The number of hydrogen-bond donors (Lipinski definition) is 2. The van der Waals surface area contributed by atoms with Crippen LogP contribution >= 0.6 is 0 Å². The third-order valence-electron chi connectivity index (χ3n) is 3.59. The van der Waals surface area contributed by atoms with Crippen LogP contribution in [0, 0.1) is 0 Å². The highest BCUT2D eigenvalue weighted by atomic mass is 14.9. The maximum absolute atomic E-state index is 5.62. The van der Waals surface area contributed by atoms with Gasteiger partial charge in [-0.15, -0.1) is 0 Å². The minimum atomic E-state index is 0.670. The number of H-pyrrole nitrogens is 1. The minimum Gasteiger partial charge on any atom is -0.338 e. The molecule has 0 spiro atoms. The molecule has 0 unspecified atom stereocenters. The van der Waals surface area contributed by atoms with Gasteiger partial charge >= 0.3 is 0 Å². The Bertz CT molecular complexity index is 728. The van der Waals surface area contributed by atoms with Crippen LogP contribution in [0.1, 0.15) is 18.1 Å². The molecule has 3 aromatic rings. The number of nitrogens with zero attached hydrogens (tertiary/aromatic N) is 1. The molecule has 3 N–H and O–H groups in total. The Hall–Kier alpha value is -2.13. The number of aryl methyl sites for hydroxylation is 1.